The molecular weight excluding hydrogens is 316 g/mol. The van der Waals surface area contributed by atoms with Crippen LogP contribution in [0.4, 0.5) is 0 Å². The minimum Gasteiger partial charge on any atom is -0.346 e. The fourth-order valence-electron chi connectivity index (χ4n) is 3.56. The van der Waals surface area contributed by atoms with Gasteiger partial charge in [0, 0.05) is 32.8 Å². The lowest BCUT2D eigenvalue weighted by atomic mass is 9.95. The van der Waals surface area contributed by atoms with Crippen LogP contribution in [-0.2, 0) is 25.4 Å². The number of para-hydroxylation sites is 2. The Kier molecular flexibility index (Phi) is 4.01. The van der Waals surface area contributed by atoms with Gasteiger partial charge in [0.1, 0.15) is 5.82 Å². The average molecular weight is 338 g/mol. The molecule has 2 aromatic heterocycles. The van der Waals surface area contributed by atoms with Crippen LogP contribution in [-0.4, -0.2) is 31.3 Å². The topological polar surface area (TPSA) is 76.8 Å². The minimum absolute atomic E-state index is 0.0802. The van der Waals surface area contributed by atoms with Crippen LogP contribution < -0.4 is 10.6 Å². The van der Waals surface area contributed by atoms with Crippen LogP contribution in [0.5, 0.6) is 0 Å². The fourth-order valence-corrected chi connectivity index (χ4v) is 3.56. The van der Waals surface area contributed by atoms with Crippen molar-refractivity contribution in [1.29, 1.82) is 0 Å². The summed E-state index contributed by atoms with van der Waals surface area (Å²) in [6.07, 6.45) is 3.10. The molecule has 0 saturated carbocycles. The first-order valence-electron chi connectivity index (χ1n) is 8.54. The highest BCUT2D eigenvalue weighted by atomic mass is 16.1. The molecule has 3 heterocycles. The molecule has 1 fully saturated rings. The molecule has 1 aliphatic heterocycles. The summed E-state index contributed by atoms with van der Waals surface area (Å²) in [4.78, 5) is 16.6. The zero-order chi connectivity index (χ0) is 17.4. The Bertz CT molecular complexity index is 911. The van der Waals surface area contributed by atoms with E-state index in [2.05, 4.69) is 26.4 Å². The first kappa shape index (κ1) is 15.8. The molecule has 3 aromatic rings. The molecule has 1 saturated heterocycles. The molecule has 1 aromatic carbocycles. The van der Waals surface area contributed by atoms with E-state index in [0.717, 1.165) is 29.0 Å². The number of benzene rings is 1. The van der Waals surface area contributed by atoms with Crippen molar-refractivity contribution in [3.8, 4) is 0 Å². The Morgan fingerprint density at radius 2 is 2.12 bits per heavy atom. The maximum Gasteiger partial charge on any atom is 0.220 e. The molecule has 0 aliphatic carbocycles. The number of nitrogens with zero attached hydrogens (tertiary/aromatic N) is 4. The van der Waals surface area contributed by atoms with Crippen LogP contribution in [0.2, 0.25) is 0 Å². The summed E-state index contributed by atoms with van der Waals surface area (Å²) in [6.45, 7) is 0.653. The second-order valence-electron chi connectivity index (χ2n) is 6.53. The molecule has 2 atom stereocenters. The maximum atomic E-state index is 11.9. The lowest BCUT2D eigenvalue weighted by Gasteiger charge is -2.33. The third-order valence-corrected chi connectivity index (χ3v) is 4.98. The maximum absolute atomic E-state index is 11.9. The highest BCUT2D eigenvalue weighted by molar-refractivity contribution is 5.77. The second kappa shape index (κ2) is 6.33. The van der Waals surface area contributed by atoms with E-state index >= 15 is 0 Å². The summed E-state index contributed by atoms with van der Waals surface area (Å²) in [6, 6.07) is 10.2. The highest BCUT2D eigenvalue weighted by Gasteiger charge is 2.31. The van der Waals surface area contributed by atoms with E-state index in [0.29, 0.717) is 13.0 Å². The van der Waals surface area contributed by atoms with Gasteiger partial charge in [-0.15, -0.1) is 0 Å². The Labute approximate surface area is 146 Å². The van der Waals surface area contributed by atoms with Gasteiger partial charge in [-0.05, 0) is 24.6 Å². The average Bonchev–Trinajstić information content (AvgIpc) is 3.18. The molecule has 0 bridgehead atoms. The van der Waals surface area contributed by atoms with Gasteiger partial charge in [0.2, 0.25) is 5.91 Å². The Balaban J connectivity index is 1.54. The number of carbonyl (C=O) groups excluding carboxylic acids is 1. The normalized spacial score (nSPS) is 20.8. The Morgan fingerprint density at radius 1 is 1.28 bits per heavy atom. The summed E-state index contributed by atoms with van der Waals surface area (Å²) < 4.78 is 3.93. The number of nitrogens with one attached hydrogen (secondary N) is 2. The second-order valence-corrected chi connectivity index (χ2v) is 6.53. The summed E-state index contributed by atoms with van der Waals surface area (Å²) >= 11 is 0. The van der Waals surface area contributed by atoms with Gasteiger partial charge >= 0.3 is 0 Å². The first-order valence-corrected chi connectivity index (χ1v) is 8.54. The van der Waals surface area contributed by atoms with Gasteiger partial charge in [0.05, 0.1) is 29.3 Å². The van der Waals surface area contributed by atoms with Crippen LogP contribution in [0.3, 0.4) is 0 Å². The van der Waals surface area contributed by atoms with E-state index in [9.17, 15) is 4.79 Å². The van der Waals surface area contributed by atoms with Gasteiger partial charge in [-0.25, -0.2) is 4.98 Å². The molecule has 0 unspecified atom stereocenters. The van der Waals surface area contributed by atoms with Crippen molar-refractivity contribution in [2.45, 2.75) is 31.5 Å². The summed E-state index contributed by atoms with van der Waals surface area (Å²) in [5.41, 5.74) is 3.14. The lowest BCUT2D eigenvalue weighted by Crippen LogP contribution is -2.48. The van der Waals surface area contributed by atoms with Crippen LogP contribution >= 0.6 is 0 Å². The predicted molar refractivity (Wildman–Crippen MR) is 94.7 cm³/mol. The number of hydrogen-bond donors (Lipinski definition) is 2. The van der Waals surface area contributed by atoms with Gasteiger partial charge in [-0.2, -0.15) is 5.10 Å². The van der Waals surface area contributed by atoms with Crippen molar-refractivity contribution in [2.24, 2.45) is 14.1 Å². The lowest BCUT2D eigenvalue weighted by molar-refractivity contribution is -0.124. The number of aromatic nitrogens is 4. The first-order chi connectivity index (χ1) is 12.1. The number of amides is 1. The van der Waals surface area contributed by atoms with Crippen LogP contribution in [0.15, 0.2) is 36.5 Å². The van der Waals surface area contributed by atoms with E-state index in [1.165, 1.54) is 0 Å². The van der Waals surface area contributed by atoms with E-state index in [1.54, 1.807) is 6.20 Å². The van der Waals surface area contributed by atoms with Gasteiger partial charge < -0.3 is 15.2 Å². The minimum atomic E-state index is -0.0802. The number of aryl methyl sites for hydroxylation is 2. The number of carbonyl (C=O) groups is 1. The van der Waals surface area contributed by atoms with Crippen molar-refractivity contribution < 1.29 is 4.79 Å². The number of imidazole rings is 1. The smallest absolute Gasteiger partial charge is 0.220 e. The number of hydrogen-bond acceptors (Lipinski definition) is 4. The third-order valence-electron chi connectivity index (χ3n) is 4.98. The van der Waals surface area contributed by atoms with Crippen LogP contribution in [0, 0.1) is 0 Å². The molecule has 4 rings (SSSR count). The van der Waals surface area contributed by atoms with Crippen LogP contribution in [0.25, 0.3) is 11.0 Å². The molecule has 25 heavy (non-hydrogen) atoms. The number of fused-ring (bicyclic) bond motifs is 1. The van der Waals surface area contributed by atoms with E-state index in [1.807, 2.05) is 43.0 Å². The van der Waals surface area contributed by atoms with Gasteiger partial charge in [-0.3, -0.25) is 9.48 Å². The van der Waals surface area contributed by atoms with Crippen molar-refractivity contribution >= 4 is 16.9 Å². The van der Waals surface area contributed by atoms with Crippen LogP contribution in [0.1, 0.15) is 30.4 Å². The Hall–Kier alpha value is -2.67. The van der Waals surface area contributed by atoms with Crippen molar-refractivity contribution in [1.82, 2.24) is 30.0 Å². The zero-order valence-corrected chi connectivity index (χ0v) is 14.4. The summed E-state index contributed by atoms with van der Waals surface area (Å²) in [5.74, 6) is 1.08. The molecule has 1 aliphatic rings. The molecule has 1 amide bonds. The summed E-state index contributed by atoms with van der Waals surface area (Å²) in [7, 11) is 3.94. The molecule has 2 N–H and O–H groups in total. The molecule has 0 spiro atoms. The fraction of sp³-hybridized carbons (Fsp3) is 0.389. The van der Waals surface area contributed by atoms with E-state index < -0.39 is 0 Å². The summed E-state index contributed by atoms with van der Waals surface area (Å²) in [5, 5.41) is 10.9. The van der Waals surface area contributed by atoms with Crippen molar-refractivity contribution in [3.63, 3.8) is 0 Å². The molecule has 7 nitrogen and oxygen atoms in total. The molecule has 130 valence electrons. The number of rotatable bonds is 4. The van der Waals surface area contributed by atoms with Crippen molar-refractivity contribution in [3.05, 3.63) is 48.0 Å². The highest BCUT2D eigenvalue weighted by Crippen LogP contribution is 2.24. The zero-order valence-electron chi connectivity index (χ0n) is 14.4. The SMILES string of the molecule is Cn1nccc1[C@@H]1NC(=O)CC[C@H]1NCc1nc2ccccc2n1C. The quantitative estimate of drug-likeness (QED) is 0.754. The monoisotopic (exact) mass is 338 g/mol. The van der Waals surface area contributed by atoms with Gasteiger partial charge in [0.25, 0.3) is 0 Å². The largest absolute Gasteiger partial charge is 0.346 e. The van der Waals surface area contributed by atoms with Gasteiger partial charge in [-0.1, -0.05) is 12.1 Å². The molecule has 7 heteroatoms. The van der Waals surface area contributed by atoms with E-state index in [4.69, 9.17) is 4.98 Å². The standard InChI is InChI=1S/C18H22N6O/c1-23-14-6-4-3-5-12(14)21-16(23)11-19-13-7-8-17(25)22-18(13)15-9-10-20-24(15)2/h3-6,9-10,13,18-19H,7-8,11H2,1-2H3,(H,22,25)/t13-,18-/m1/s1. The predicted octanol–water partition coefficient (Wildman–Crippen LogP) is 1.42. The number of piperidine rings is 1. The Morgan fingerprint density at radius 3 is 2.88 bits per heavy atom. The third kappa shape index (κ3) is 2.91. The van der Waals surface area contributed by atoms with Crippen molar-refractivity contribution in [2.75, 3.05) is 0 Å². The van der Waals surface area contributed by atoms with Gasteiger partial charge in [0.15, 0.2) is 0 Å². The molecular formula is C18H22N6O. The molecule has 0 radical (unpaired) electrons. The van der Waals surface area contributed by atoms with E-state index in [-0.39, 0.29) is 18.0 Å².